The van der Waals surface area contributed by atoms with Crippen molar-refractivity contribution in [1.82, 2.24) is 4.90 Å². The number of hydrogen-bond donors (Lipinski definition) is 0. The van der Waals surface area contributed by atoms with Gasteiger partial charge in [-0.1, -0.05) is 64.5 Å². The van der Waals surface area contributed by atoms with Gasteiger partial charge in [0.15, 0.2) is 0 Å². The summed E-state index contributed by atoms with van der Waals surface area (Å²) in [6, 6.07) is 17.5. The van der Waals surface area contributed by atoms with Crippen molar-refractivity contribution >= 4 is 22.0 Å². The molecule has 0 unspecified atom stereocenters. The van der Waals surface area contributed by atoms with Gasteiger partial charge >= 0.3 is 6.09 Å². The molecule has 0 aliphatic rings. The highest BCUT2D eigenvalue weighted by molar-refractivity contribution is 9.10. The van der Waals surface area contributed by atoms with E-state index in [9.17, 15) is 4.79 Å². The van der Waals surface area contributed by atoms with Crippen molar-refractivity contribution in [3.63, 3.8) is 0 Å². The summed E-state index contributed by atoms with van der Waals surface area (Å²) >= 11 is 3.40. The number of hydrogen-bond acceptors (Lipinski definition) is 2. The molecule has 0 radical (unpaired) electrons. The maximum Gasteiger partial charge on any atom is 0.410 e. The Labute approximate surface area is 139 Å². The molecular formula is C18H18BrNO2. The summed E-state index contributed by atoms with van der Waals surface area (Å²) in [7, 11) is 0. The predicted octanol–water partition coefficient (Wildman–Crippen LogP) is 4.77. The van der Waals surface area contributed by atoms with Crippen molar-refractivity contribution in [2.45, 2.75) is 13.2 Å². The molecule has 0 bridgehead atoms. The lowest BCUT2D eigenvalue weighted by Crippen LogP contribution is -2.31. The average molecular weight is 360 g/mol. The highest BCUT2D eigenvalue weighted by atomic mass is 79.9. The van der Waals surface area contributed by atoms with Gasteiger partial charge in [-0.15, -0.1) is 6.58 Å². The van der Waals surface area contributed by atoms with Gasteiger partial charge < -0.3 is 9.64 Å². The van der Waals surface area contributed by atoms with Crippen molar-refractivity contribution in [3.05, 3.63) is 82.9 Å². The third-order valence-corrected chi connectivity index (χ3v) is 3.63. The average Bonchev–Trinajstić information content (AvgIpc) is 2.55. The van der Waals surface area contributed by atoms with Crippen LogP contribution < -0.4 is 0 Å². The Morgan fingerprint density at radius 2 is 1.77 bits per heavy atom. The van der Waals surface area contributed by atoms with E-state index in [-0.39, 0.29) is 12.7 Å². The molecule has 0 atom stereocenters. The molecule has 0 aliphatic carbocycles. The van der Waals surface area contributed by atoms with Gasteiger partial charge in [0.2, 0.25) is 0 Å². The summed E-state index contributed by atoms with van der Waals surface area (Å²) in [5, 5.41) is 0. The summed E-state index contributed by atoms with van der Waals surface area (Å²) in [5.74, 6) is 0. The van der Waals surface area contributed by atoms with E-state index in [0.717, 1.165) is 15.6 Å². The fourth-order valence-corrected chi connectivity index (χ4v) is 2.24. The lowest BCUT2D eigenvalue weighted by Gasteiger charge is -2.20. The van der Waals surface area contributed by atoms with E-state index < -0.39 is 0 Å². The zero-order valence-electron chi connectivity index (χ0n) is 12.2. The van der Waals surface area contributed by atoms with E-state index >= 15 is 0 Å². The summed E-state index contributed by atoms with van der Waals surface area (Å²) in [4.78, 5) is 13.8. The van der Waals surface area contributed by atoms with Crippen LogP contribution in [0.25, 0.3) is 0 Å². The van der Waals surface area contributed by atoms with E-state index in [4.69, 9.17) is 4.74 Å². The van der Waals surface area contributed by atoms with Crippen molar-refractivity contribution in [3.8, 4) is 0 Å². The van der Waals surface area contributed by atoms with Crippen LogP contribution in [0.1, 0.15) is 11.1 Å². The zero-order chi connectivity index (χ0) is 15.8. The lowest BCUT2D eigenvalue weighted by atomic mass is 10.2. The molecule has 0 saturated carbocycles. The molecule has 0 heterocycles. The van der Waals surface area contributed by atoms with Crippen molar-refractivity contribution in [2.24, 2.45) is 0 Å². The molecule has 0 aromatic heterocycles. The van der Waals surface area contributed by atoms with Crippen LogP contribution in [0.3, 0.4) is 0 Å². The number of rotatable bonds is 6. The zero-order valence-corrected chi connectivity index (χ0v) is 13.8. The van der Waals surface area contributed by atoms with Crippen LogP contribution in [0.2, 0.25) is 0 Å². The lowest BCUT2D eigenvalue weighted by molar-refractivity contribution is 0.0978. The number of ether oxygens (including phenoxy) is 1. The summed E-state index contributed by atoms with van der Waals surface area (Å²) in [6.45, 7) is 4.91. The molecule has 22 heavy (non-hydrogen) atoms. The van der Waals surface area contributed by atoms with Crippen LogP contribution in [0.4, 0.5) is 4.79 Å². The Hall–Kier alpha value is -2.07. The predicted molar refractivity (Wildman–Crippen MR) is 91.4 cm³/mol. The van der Waals surface area contributed by atoms with Gasteiger partial charge in [0.1, 0.15) is 6.61 Å². The first-order valence-corrected chi connectivity index (χ1v) is 7.79. The molecule has 4 heteroatoms. The maximum absolute atomic E-state index is 12.2. The molecule has 114 valence electrons. The number of nitrogens with zero attached hydrogens (tertiary/aromatic N) is 1. The molecule has 0 aliphatic heterocycles. The van der Waals surface area contributed by atoms with Crippen molar-refractivity contribution in [1.29, 1.82) is 0 Å². The van der Waals surface area contributed by atoms with Gasteiger partial charge in [-0.25, -0.2) is 4.79 Å². The molecule has 2 aromatic carbocycles. The maximum atomic E-state index is 12.2. The topological polar surface area (TPSA) is 29.5 Å². The Kier molecular flexibility index (Phi) is 6.22. The van der Waals surface area contributed by atoms with E-state index in [2.05, 4.69) is 22.5 Å². The minimum absolute atomic E-state index is 0.271. The van der Waals surface area contributed by atoms with Crippen LogP contribution >= 0.6 is 15.9 Å². The molecule has 0 saturated heterocycles. The first kappa shape index (κ1) is 16.3. The fraction of sp³-hybridized carbons (Fsp3) is 0.167. The molecule has 2 aromatic rings. The molecule has 0 N–H and O–H groups in total. The van der Waals surface area contributed by atoms with Gasteiger partial charge in [-0.3, -0.25) is 0 Å². The molecule has 0 fully saturated rings. The number of amides is 1. The SMILES string of the molecule is C=CCN(Cc1ccc(Br)cc1)C(=O)OCc1ccccc1. The Morgan fingerprint density at radius 3 is 2.41 bits per heavy atom. The molecular weight excluding hydrogens is 342 g/mol. The number of benzene rings is 2. The monoisotopic (exact) mass is 359 g/mol. The quantitative estimate of drug-likeness (QED) is 0.695. The smallest absolute Gasteiger partial charge is 0.410 e. The van der Waals surface area contributed by atoms with E-state index in [1.54, 1.807) is 11.0 Å². The normalized spacial score (nSPS) is 10.0. The third kappa shape index (κ3) is 5.04. The standard InChI is InChI=1S/C18H18BrNO2/c1-2-12-20(13-15-8-10-17(19)11-9-15)18(21)22-14-16-6-4-3-5-7-16/h2-11H,1,12-14H2. The molecule has 2 rings (SSSR count). The molecule has 0 spiro atoms. The van der Waals surface area contributed by atoms with Gasteiger partial charge in [-0.05, 0) is 23.3 Å². The third-order valence-electron chi connectivity index (χ3n) is 3.10. The van der Waals surface area contributed by atoms with Gasteiger partial charge in [-0.2, -0.15) is 0 Å². The number of carbonyl (C=O) groups excluding carboxylic acids is 1. The first-order chi connectivity index (χ1) is 10.7. The second-order valence-electron chi connectivity index (χ2n) is 4.84. The van der Waals surface area contributed by atoms with Gasteiger partial charge in [0.05, 0.1) is 0 Å². The molecule has 3 nitrogen and oxygen atoms in total. The van der Waals surface area contributed by atoms with Gasteiger partial charge in [0, 0.05) is 17.6 Å². The summed E-state index contributed by atoms with van der Waals surface area (Å²) in [5.41, 5.74) is 2.01. The fourth-order valence-electron chi connectivity index (χ4n) is 1.98. The van der Waals surface area contributed by atoms with Gasteiger partial charge in [0.25, 0.3) is 0 Å². The number of halogens is 1. The van der Waals surface area contributed by atoms with Crippen molar-refractivity contribution < 1.29 is 9.53 Å². The Morgan fingerprint density at radius 1 is 1.09 bits per heavy atom. The Balaban J connectivity index is 1.95. The summed E-state index contributed by atoms with van der Waals surface area (Å²) in [6.07, 6.45) is 1.36. The van der Waals surface area contributed by atoms with E-state index in [0.29, 0.717) is 13.1 Å². The van der Waals surface area contributed by atoms with Crippen LogP contribution in [0.5, 0.6) is 0 Å². The minimum Gasteiger partial charge on any atom is -0.445 e. The van der Waals surface area contributed by atoms with Crippen LogP contribution in [0.15, 0.2) is 71.7 Å². The highest BCUT2D eigenvalue weighted by Gasteiger charge is 2.14. The van der Waals surface area contributed by atoms with Crippen LogP contribution in [-0.4, -0.2) is 17.5 Å². The Bertz CT molecular complexity index is 611. The van der Waals surface area contributed by atoms with E-state index in [1.165, 1.54) is 0 Å². The second-order valence-corrected chi connectivity index (χ2v) is 5.75. The first-order valence-electron chi connectivity index (χ1n) is 7.00. The second kappa shape index (κ2) is 8.39. The van der Waals surface area contributed by atoms with Crippen LogP contribution in [-0.2, 0) is 17.9 Å². The van der Waals surface area contributed by atoms with E-state index in [1.807, 2.05) is 54.6 Å². The number of carbonyl (C=O) groups is 1. The highest BCUT2D eigenvalue weighted by Crippen LogP contribution is 2.13. The summed E-state index contributed by atoms with van der Waals surface area (Å²) < 4.78 is 6.38. The van der Waals surface area contributed by atoms with Crippen molar-refractivity contribution in [2.75, 3.05) is 6.54 Å². The minimum atomic E-state index is -0.341. The molecule has 1 amide bonds. The largest absolute Gasteiger partial charge is 0.445 e. The van der Waals surface area contributed by atoms with Crippen LogP contribution in [0, 0.1) is 0 Å².